The number of benzene rings is 2. The van der Waals surface area contributed by atoms with E-state index in [1.54, 1.807) is 19.1 Å². The molecule has 1 atom stereocenters. The maximum absolute atomic E-state index is 12.9. The summed E-state index contributed by atoms with van der Waals surface area (Å²) < 4.78 is 25.7. The molecule has 0 saturated heterocycles. The average Bonchev–Trinajstić information content (AvgIpc) is 2.49. The van der Waals surface area contributed by atoms with Crippen molar-refractivity contribution >= 4 is 5.69 Å². The van der Waals surface area contributed by atoms with Crippen molar-refractivity contribution in [2.75, 3.05) is 6.61 Å². The van der Waals surface area contributed by atoms with Gasteiger partial charge in [-0.1, -0.05) is 12.1 Å². The molecule has 0 spiro atoms. The second-order valence-corrected chi connectivity index (χ2v) is 5.13. The zero-order valence-corrected chi connectivity index (χ0v) is 11.6. The zero-order chi connectivity index (χ0) is 15.3. The molecule has 0 aliphatic heterocycles. The highest BCUT2D eigenvalue weighted by Crippen LogP contribution is 2.21. The van der Waals surface area contributed by atoms with Crippen LogP contribution in [0.15, 0.2) is 58.8 Å². The SMILES string of the molecule is CC(CO)(Cc1ccc(F)cc1)N=Nc1ccc(F)cc1. The lowest BCUT2D eigenvalue weighted by Gasteiger charge is -2.21. The van der Waals surface area contributed by atoms with Crippen LogP contribution in [0.3, 0.4) is 0 Å². The van der Waals surface area contributed by atoms with E-state index in [0.29, 0.717) is 12.1 Å². The van der Waals surface area contributed by atoms with Gasteiger partial charge in [-0.15, -0.1) is 0 Å². The van der Waals surface area contributed by atoms with Crippen molar-refractivity contribution in [2.45, 2.75) is 18.9 Å². The summed E-state index contributed by atoms with van der Waals surface area (Å²) in [6.07, 6.45) is 0.425. The van der Waals surface area contributed by atoms with Crippen LogP contribution in [-0.4, -0.2) is 17.3 Å². The van der Waals surface area contributed by atoms with E-state index in [9.17, 15) is 13.9 Å². The molecule has 0 aliphatic carbocycles. The van der Waals surface area contributed by atoms with E-state index >= 15 is 0 Å². The summed E-state index contributed by atoms with van der Waals surface area (Å²) in [7, 11) is 0. The third-order valence-corrected chi connectivity index (χ3v) is 3.07. The largest absolute Gasteiger partial charge is 0.394 e. The summed E-state index contributed by atoms with van der Waals surface area (Å²) in [5.74, 6) is -0.650. The molecule has 0 radical (unpaired) electrons. The van der Waals surface area contributed by atoms with Gasteiger partial charge in [0.2, 0.25) is 0 Å². The third kappa shape index (κ3) is 4.43. The van der Waals surface area contributed by atoms with Gasteiger partial charge in [0.1, 0.15) is 17.2 Å². The Morgan fingerprint density at radius 2 is 1.48 bits per heavy atom. The number of rotatable bonds is 5. The molecule has 0 fully saturated rings. The minimum atomic E-state index is -0.813. The summed E-state index contributed by atoms with van der Waals surface area (Å²) in [5, 5.41) is 17.7. The van der Waals surface area contributed by atoms with Crippen LogP contribution in [0.1, 0.15) is 12.5 Å². The van der Waals surface area contributed by atoms with Crippen molar-refractivity contribution in [3.8, 4) is 0 Å². The molecule has 0 saturated carbocycles. The van der Waals surface area contributed by atoms with Gasteiger partial charge in [-0.3, -0.25) is 0 Å². The normalized spacial score (nSPS) is 14.3. The van der Waals surface area contributed by atoms with Crippen LogP contribution in [0, 0.1) is 11.6 Å². The maximum Gasteiger partial charge on any atom is 0.123 e. The van der Waals surface area contributed by atoms with Gasteiger partial charge in [-0.05, 0) is 48.9 Å². The smallest absolute Gasteiger partial charge is 0.123 e. The van der Waals surface area contributed by atoms with Crippen LogP contribution in [0.25, 0.3) is 0 Å². The van der Waals surface area contributed by atoms with Crippen LogP contribution in [0.5, 0.6) is 0 Å². The van der Waals surface area contributed by atoms with E-state index in [4.69, 9.17) is 0 Å². The van der Waals surface area contributed by atoms with E-state index in [-0.39, 0.29) is 18.2 Å². The fraction of sp³-hybridized carbons (Fsp3) is 0.250. The minimum Gasteiger partial charge on any atom is -0.394 e. The van der Waals surface area contributed by atoms with Gasteiger partial charge in [-0.2, -0.15) is 10.2 Å². The number of hydrogen-bond donors (Lipinski definition) is 1. The molecule has 5 heteroatoms. The lowest BCUT2D eigenvalue weighted by atomic mass is 9.95. The topological polar surface area (TPSA) is 45.0 Å². The molecule has 3 nitrogen and oxygen atoms in total. The lowest BCUT2D eigenvalue weighted by Crippen LogP contribution is -2.29. The first-order valence-electron chi connectivity index (χ1n) is 6.54. The number of aliphatic hydroxyl groups is 1. The second-order valence-electron chi connectivity index (χ2n) is 5.13. The number of nitrogens with zero attached hydrogens (tertiary/aromatic N) is 2. The fourth-order valence-corrected chi connectivity index (χ4v) is 1.85. The van der Waals surface area contributed by atoms with E-state index in [1.807, 2.05) is 0 Å². The van der Waals surface area contributed by atoms with E-state index in [2.05, 4.69) is 10.2 Å². The molecule has 0 aromatic heterocycles. The third-order valence-electron chi connectivity index (χ3n) is 3.07. The van der Waals surface area contributed by atoms with Gasteiger partial charge < -0.3 is 5.11 Å². The summed E-state index contributed by atoms with van der Waals surface area (Å²) in [5.41, 5.74) is 0.549. The molecule has 0 aliphatic rings. The first-order valence-corrected chi connectivity index (χ1v) is 6.54. The van der Waals surface area contributed by atoms with E-state index in [0.717, 1.165) is 5.56 Å². The minimum absolute atomic E-state index is 0.199. The van der Waals surface area contributed by atoms with Gasteiger partial charge in [-0.25, -0.2) is 8.78 Å². The Morgan fingerprint density at radius 3 is 2.00 bits per heavy atom. The first-order chi connectivity index (χ1) is 10.0. The molecule has 0 bridgehead atoms. The van der Waals surface area contributed by atoms with E-state index in [1.165, 1.54) is 36.4 Å². The van der Waals surface area contributed by atoms with Crippen molar-refractivity contribution in [1.29, 1.82) is 0 Å². The molecule has 0 heterocycles. The molecule has 2 rings (SSSR count). The highest BCUT2D eigenvalue weighted by Gasteiger charge is 2.23. The van der Waals surface area contributed by atoms with Crippen molar-refractivity contribution in [1.82, 2.24) is 0 Å². The number of aliphatic hydroxyl groups excluding tert-OH is 1. The van der Waals surface area contributed by atoms with Crippen LogP contribution in [-0.2, 0) is 6.42 Å². The summed E-state index contributed by atoms with van der Waals surface area (Å²) in [6.45, 7) is 1.55. The van der Waals surface area contributed by atoms with Crippen LogP contribution in [0.2, 0.25) is 0 Å². The standard InChI is InChI=1S/C16H16F2N2O/c1-16(11-21,10-12-2-4-13(17)5-3-12)20-19-15-8-6-14(18)7-9-15/h2-9,21H,10-11H2,1H3. The Bertz CT molecular complexity index is 611. The molecule has 21 heavy (non-hydrogen) atoms. The fourth-order valence-electron chi connectivity index (χ4n) is 1.85. The van der Waals surface area contributed by atoms with Gasteiger partial charge in [0, 0.05) is 6.42 Å². The summed E-state index contributed by atoms with van der Waals surface area (Å²) >= 11 is 0. The van der Waals surface area contributed by atoms with Crippen LogP contribution in [0.4, 0.5) is 14.5 Å². The van der Waals surface area contributed by atoms with Crippen molar-refractivity contribution in [3.63, 3.8) is 0 Å². The van der Waals surface area contributed by atoms with Crippen molar-refractivity contribution in [2.24, 2.45) is 10.2 Å². The molecule has 2 aromatic carbocycles. The van der Waals surface area contributed by atoms with E-state index < -0.39 is 5.54 Å². The second kappa shape index (κ2) is 6.54. The van der Waals surface area contributed by atoms with Gasteiger partial charge >= 0.3 is 0 Å². The molecule has 110 valence electrons. The average molecular weight is 290 g/mol. The van der Waals surface area contributed by atoms with Crippen LogP contribution >= 0.6 is 0 Å². The molecule has 0 amide bonds. The van der Waals surface area contributed by atoms with Gasteiger partial charge in [0.15, 0.2) is 0 Å². The Balaban J connectivity index is 2.12. The summed E-state index contributed by atoms with van der Waals surface area (Å²) in [4.78, 5) is 0. The highest BCUT2D eigenvalue weighted by atomic mass is 19.1. The van der Waals surface area contributed by atoms with Gasteiger partial charge in [0.25, 0.3) is 0 Å². The number of hydrogen-bond acceptors (Lipinski definition) is 3. The predicted octanol–water partition coefficient (Wildman–Crippen LogP) is 4.04. The van der Waals surface area contributed by atoms with Crippen molar-refractivity contribution in [3.05, 3.63) is 65.7 Å². The Kier molecular flexibility index (Phi) is 4.75. The zero-order valence-electron chi connectivity index (χ0n) is 11.6. The maximum atomic E-state index is 12.9. The van der Waals surface area contributed by atoms with Crippen molar-refractivity contribution < 1.29 is 13.9 Å². The Hall–Kier alpha value is -2.14. The quantitative estimate of drug-likeness (QED) is 0.830. The van der Waals surface area contributed by atoms with Gasteiger partial charge in [0.05, 0.1) is 12.3 Å². The predicted molar refractivity (Wildman–Crippen MR) is 76.5 cm³/mol. The summed E-state index contributed by atoms with van der Waals surface area (Å²) in [6, 6.07) is 11.6. The lowest BCUT2D eigenvalue weighted by molar-refractivity contribution is 0.204. The highest BCUT2D eigenvalue weighted by molar-refractivity contribution is 5.35. The Morgan fingerprint density at radius 1 is 0.952 bits per heavy atom. The molecule has 1 N–H and O–H groups in total. The number of halogens is 2. The van der Waals surface area contributed by atoms with Crippen LogP contribution < -0.4 is 0 Å². The monoisotopic (exact) mass is 290 g/mol. The Labute approximate surface area is 122 Å². The molecular formula is C16H16F2N2O. The number of azo groups is 1. The molecular weight excluding hydrogens is 274 g/mol. The molecule has 1 unspecified atom stereocenters. The first kappa shape index (κ1) is 15.3. The molecule has 2 aromatic rings.